The molecule has 3 aromatic rings. The van der Waals surface area contributed by atoms with Crippen LogP contribution in [0.3, 0.4) is 0 Å². The maximum atomic E-state index is 12.2. The summed E-state index contributed by atoms with van der Waals surface area (Å²) >= 11 is 9.35. The normalized spacial score (nSPS) is 10.6. The van der Waals surface area contributed by atoms with E-state index in [0.29, 0.717) is 22.3 Å². The fourth-order valence-corrected chi connectivity index (χ4v) is 2.63. The summed E-state index contributed by atoms with van der Waals surface area (Å²) in [5, 5.41) is 7.02. The van der Waals surface area contributed by atoms with Crippen molar-refractivity contribution in [1.82, 2.24) is 15.5 Å². The molecule has 0 atom stereocenters. The molecule has 0 unspecified atom stereocenters. The molecule has 0 bridgehead atoms. The van der Waals surface area contributed by atoms with E-state index in [-0.39, 0.29) is 12.5 Å². The van der Waals surface area contributed by atoms with Gasteiger partial charge in [0.25, 0.3) is 5.91 Å². The third kappa shape index (κ3) is 3.83. The Morgan fingerprint density at radius 1 is 1.25 bits per heavy atom. The van der Waals surface area contributed by atoms with Crippen molar-refractivity contribution in [3.63, 3.8) is 0 Å². The smallest absolute Gasteiger partial charge is 0.253 e. The van der Waals surface area contributed by atoms with E-state index in [1.165, 1.54) is 0 Å². The number of nitrogens with zero attached hydrogens (tertiary/aromatic N) is 2. The van der Waals surface area contributed by atoms with Gasteiger partial charge in [-0.15, -0.1) is 0 Å². The first kappa shape index (κ1) is 16.7. The zero-order valence-corrected chi connectivity index (χ0v) is 15.1. The number of aromatic nitrogens is 2. The molecule has 0 saturated carbocycles. The standard InChI is InChI=1S/C17H13BrClN3O2/c1-10-2-4-11(5-3-10)16-21-15(24-22-16)9-20-17(23)13-8-12(18)6-7-14(13)19/h2-8H,9H2,1H3,(H,20,23). The lowest BCUT2D eigenvalue weighted by Crippen LogP contribution is -2.23. The Labute approximate surface area is 152 Å². The molecule has 2 aromatic carbocycles. The minimum absolute atomic E-state index is 0.126. The highest BCUT2D eigenvalue weighted by Crippen LogP contribution is 2.21. The minimum Gasteiger partial charge on any atom is -0.343 e. The van der Waals surface area contributed by atoms with E-state index in [1.54, 1.807) is 18.2 Å². The molecule has 0 spiro atoms. The maximum Gasteiger partial charge on any atom is 0.253 e. The Balaban J connectivity index is 1.68. The van der Waals surface area contributed by atoms with Crippen molar-refractivity contribution >= 4 is 33.4 Å². The molecule has 24 heavy (non-hydrogen) atoms. The first-order valence-electron chi connectivity index (χ1n) is 7.16. The molecule has 1 heterocycles. The molecule has 5 nitrogen and oxygen atoms in total. The summed E-state index contributed by atoms with van der Waals surface area (Å²) in [6, 6.07) is 12.9. The lowest BCUT2D eigenvalue weighted by molar-refractivity contribution is 0.0946. The number of carbonyl (C=O) groups excluding carboxylic acids is 1. The molecule has 0 saturated heterocycles. The van der Waals surface area contributed by atoms with Gasteiger partial charge in [-0.05, 0) is 25.1 Å². The van der Waals surface area contributed by atoms with Crippen molar-refractivity contribution in [2.24, 2.45) is 0 Å². The minimum atomic E-state index is -0.309. The predicted molar refractivity (Wildman–Crippen MR) is 94.8 cm³/mol. The van der Waals surface area contributed by atoms with Crippen molar-refractivity contribution < 1.29 is 9.32 Å². The summed E-state index contributed by atoms with van der Waals surface area (Å²) in [6.45, 7) is 2.13. The lowest BCUT2D eigenvalue weighted by atomic mass is 10.1. The summed E-state index contributed by atoms with van der Waals surface area (Å²) in [5.74, 6) is 0.501. The van der Waals surface area contributed by atoms with Gasteiger partial charge in [0, 0.05) is 10.0 Å². The fraction of sp³-hybridized carbons (Fsp3) is 0.118. The first-order chi connectivity index (χ1) is 11.5. The van der Waals surface area contributed by atoms with Crippen LogP contribution in [-0.2, 0) is 6.54 Å². The molecule has 0 aliphatic carbocycles. The third-order valence-corrected chi connectivity index (χ3v) is 4.17. The van der Waals surface area contributed by atoms with E-state index >= 15 is 0 Å². The second-order valence-corrected chi connectivity index (χ2v) is 6.51. The van der Waals surface area contributed by atoms with Crippen LogP contribution in [-0.4, -0.2) is 16.0 Å². The zero-order chi connectivity index (χ0) is 17.1. The van der Waals surface area contributed by atoms with Gasteiger partial charge in [-0.2, -0.15) is 4.98 Å². The molecule has 0 aliphatic heterocycles. The Morgan fingerprint density at radius 2 is 2.00 bits per heavy atom. The van der Waals surface area contributed by atoms with Gasteiger partial charge in [-0.3, -0.25) is 4.79 Å². The van der Waals surface area contributed by atoms with Gasteiger partial charge in [0.1, 0.15) is 0 Å². The van der Waals surface area contributed by atoms with Crippen LogP contribution in [0.15, 0.2) is 51.5 Å². The molecular weight excluding hydrogens is 394 g/mol. The second-order valence-electron chi connectivity index (χ2n) is 5.18. The van der Waals surface area contributed by atoms with Gasteiger partial charge in [-0.25, -0.2) is 0 Å². The Morgan fingerprint density at radius 3 is 2.75 bits per heavy atom. The number of halogens is 2. The van der Waals surface area contributed by atoms with Crippen LogP contribution in [0.1, 0.15) is 21.8 Å². The summed E-state index contributed by atoms with van der Waals surface area (Å²) in [5.41, 5.74) is 2.39. The SMILES string of the molecule is Cc1ccc(-c2noc(CNC(=O)c3cc(Br)ccc3Cl)n2)cc1. The quantitative estimate of drug-likeness (QED) is 0.697. The van der Waals surface area contributed by atoms with E-state index < -0.39 is 0 Å². The van der Waals surface area contributed by atoms with Crippen LogP contribution in [0.2, 0.25) is 5.02 Å². The average Bonchev–Trinajstić information content (AvgIpc) is 3.04. The Bertz CT molecular complexity index is 878. The van der Waals surface area contributed by atoms with Crippen LogP contribution in [0.4, 0.5) is 0 Å². The highest BCUT2D eigenvalue weighted by Gasteiger charge is 2.13. The number of aryl methyl sites for hydroxylation is 1. The van der Waals surface area contributed by atoms with Crippen molar-refractivity contribution in [3.05, 3.63) is 69.0 Å². The number of amides is 1. The van der Waals surface area contributed by atoms with E-state index in [4.69, 9.17) is 16.1 Å². The van der Waals surface area contributed by atoms with Crippen molar-refractivity contribution in [1.29, 1.82) is 0 Å². The number of hydrogen-bond acceptors (Lipinski definition) is 4. The molecule has 122 valence electrons. The molecule has 0 aliphatic rings. The number of nitrogens with one attached hydrogen (secondary N) is 1. The molecule has 1 aromatic heterocycles. The Hall–Kier alpha value is -2.18. The number of hydrogen-bond donors (Lipinski definition) is 1. The topological polar surface area (TPSA) is 68.0 Å². The van der Waals surface area contributed by atoms with Crippen LogP contribution in [0.5, 0.6) is 0 Å². The van der Waals surface area contributed by atoms with Crippen molar-refractivity contribution in [3.8, 4) is 11.4 Å². The molecule has 1 amide bonds. The van der Waals surface area contributed by atoms with Gasteiger partial charge < -0.3 is 9.84 Å². The number of carbonyl (C=O) groups is 1. The van der Waals surface area contributed by atoms with Crippen LogP contribution < -0.4 is 5.32 Å². The van der Waals surface area contributed by atoms with E-state index in [2.05, 4.69) is 31.4 Å². The van der Waals surface area contributed by atoms with Crippen LogP contribution in [0.25, 0.3) is 11.4 Å². The van der Waals surface area contributed by atoms with Gasteiger partial charge in [0.05, 0.1) is 17.1 Å². The van der Waals surface area contributed by atoms with E-state index in [9.17, 15) is 4.79 Å². The summed E-state index contributed by atoms with van der Waals surface area (Å²) < 4.78 is 5.95. The Kier molecular flexibility index (Phi) is 4.97. The van der Waals surface area contributed by atoms with Crippen LogP contribution >= 0.6 is 27.5 Å². The molecular formula is C17H13BrClN3O2. The van der Waals surface area contributed by atoms with E-state index in [0.717, 1.165) is 15.6 Å². The summed E-state index contributed by atoms with van der Waals surface area (Å²) in [4.78, 5) is 16.5. The highest BCUT2D eigenvalue weighted by atomic mass is 79.9. The second kappa shape index (κ2) is 7.15. The molecule has 0 radical (unpaired) electrons. The van der Waals surface area contributed by atoms with Gasteiger partial charge >= 0.3 is 0 Å². The predicted octanol–water partition coefficient (Wildman–Crippen LogP) is 4.39. The lowest BCUT2D eigenvalue weighted by Gasteiger charge is -2.05. The number of benzene rings is 2. The summed E-state index contributed by atoms with van der Waals surface area (Å²) in [6.07, 6.45) is 0. The molecule has 7 heteroatoms. The van der Waals surface area contributed by atoms with Gasteiger partial charge in [-0.1, -0.05) is 62.5 Å². The van der Waals surface area contributed by atoms with Gasteiger partial charge in [0.2, 0.25) is 11.7 Å². The highest BCUT2D eigenvalue weighted by molar-refractivity contribution is 9.10. The molecule has 0 fully saturated rings. The summed E-state index contributed by atoms with van der Waals surface area (Å²) in [7, 11) is 0. The van der Waals surface area contributed by atoms with Gasteiger partial charge in [0.15, 0.2) is 0 Å². The third-order valence-electron chi connectivity index (χ3n) is 3.35. The van der Waals surface area contributed by atoms with E-state index in [1.807, 2.05) is 31.2 Å². The fourth-order valence-electron chi connectivity index (χ4n) is 2.07. The zero-order valence-electron chi connectivity index (χ0n) is 12.7. The van der Waals surface area contributed by atoms with Crippen molar-refractivity contribution in [2.75, 3.05) is 0 Å². The largest absolute Gasteiger partial charge is 0.343 e. The maximum absolute atomic E-state index is 12.2. The number of rotatable bonds is 4. The van der Waals surface area contributed by atoms with Crippen LogP contribution in [0, 0.1) is 6.92 Å². The molecule has 3 rings (SSSR count). The molecule has 1 N–H and O–H groups in total. The van der Waals surface area contributed by atoms with Crippen molar-refractivity contribution in [2.45, 2.75) is 13.5 Å². The average molecular weight is 407 g/mol. The first-order valence-corrected chi connectivity index (χ1v) is 8.33. The monoisotopic (exact) mass is 405 g/mol.